The second-order valence-electron chi connectivity index (χ2n) is 8.64. The second kappa shape index (κ2) is 11.0. The molecule has 0 bridgehead atoms. The number of carbonyl (C=O) groups is 1. The number of aliphatic carboxylic acids is 1. The Kier molecular flexibility index (Phi) is 8.61. The average Bonchev–Trinajstić information content (AvgIpc) is 2.72. The van der Waals surface area contributed by atoms with E-state index in [1.165, 1.54) is 0 Å². The first-order valence-electron chi connectivity index (χ1n) is 10.8. The maximum atomic E-state index is 11.8. The maximum absolute atomic E-state index is 11.8. The van der Waals surface area contributed by atoms with Gasteiger partial charge in [-0.25, -0.2) is 0 Å². The monoisotopic (exact) mass is 478 g/mol. The lowest BCUT2D eigenvalue weighted by Crippen LogP contribution is -2.61. The van der Waals surface area contributed by atoms with Crippen LogP contribution in [0.3, 0.4) is 0 Å². The van der Waals surface area contributed by atoms with Gasteiger partial charge in [0.1, 0.15) is 5.54 Å². The Bertz CT molecular complexity index is 923. The van der Waals surface area contributed by atoms with Crippen LogP contribution in [0.5, 0.6) is 0 Å². The molecule has 1 saturated carbocycles. The number of nitrogens with one attached hydrogen (secondary N) is 1. The normalized spacial score (nSPS) is 19.8. The molecular weight excluding hydrogens is 450 g/mol. The van der Waals surface area contributed by atoms with E-state index in [2.05, 4.69) is 17.4 Å². The minimum Gasteiger partial charge on any atom is -0.480 e. The molecule has 172 valence electrons. The average molecular weight is 479 g/mol. The summed E-state index contributed by atoms with van der Waals surface area (Å²) in [7, 11) is -1.36. The van der Waals surface area contributed by atoms with Gasteiger partial charge in [-0.2, -0.15) is 0 Å². The van der Waals surface area contributed by atoms with Crippen molar-refractivity contribution in [1.29, 1.82) is 0 Å². The Morgan fingerprint density at radius 2 is 1.72 bits per heavy atom. The van der Waals surface area contributed by atoms with E-state index in [0.717, 1.165) is 16.7 Å². The van der Waals surface area contributed by atoms with Gasteiger partial charge < -0.3 is 26.2 Å². The smallest absolute Gasteiger partial charge is 0.451 e. The highest BCUT2D eigenvalue weighted by Crippen LogP contribution is 2.38. The zero-order valence-electron chi connectivity index (χ0n) is 17.8. The van der Waals surface area contributed by atoms with E-state index in [9.17, 15) is 9.90 Å². The van der Waals surface area contributed by atoms with Crippen molar-refractivity contribution < 1.29 is 19.9 Å². The fourth-order valence-corrected chi connectivity index (χ4v) is 4.49. The standard InChI is InChI=1S/C23H29BCl2N2O4/c25-20-8-7-17(11-21(20)26)16-5-3-15(4-6-16)14-28-19-12-18(13-19)23(27,22(29)30)9-1-2-10-24(31)32/h3-8,11,18-19,28,31-32H,1-2,9-10,12-14,27H2,(H,29,30)/t18-,19+,23?. The molecular formula is C23H29BCl2N2O4. The molecule has 0 aromatic heterocycles. The zero-order valence-corrected chi connectivity index (χ0v) is 19.3. The quantitative estimate of drug-likeness (QED) is 0.246. The number of unbranched alkanes of at least 4 members (excludes halogenated alkanes) is 1. The summed E-state index contributed by atoms with van der Waals surface area (Å²) in [6.07, 6.45) is 3.09. The molecule has 1 aliphatic carbocycles. The zero-order chi connectivity index (χ0) is 23.3. The van der Waals surface area contributed by atoms with Crippen LogP contribution in [-0.4, -0.2) is 39.8 Å². The van der Waals surface area contributed by atoms with Crippen molar-refractivity contribution in [2.45, 2.75) is 56.5 Å². The molecule has 9 heteroatoms. The molecule has 2 aromatic carbocycles. The van der Waals surface area contributed by atoms with Crippen molar-refractivity contribution in [2.75, 3.05) is 0 Å². The van der Waals surface area contributed by atoms with Gasteiger partial charge >= 0.3 is 13.1 Å². The fourth-order valence-electron chi connectivity index (χ4n) is 4.19. The summed E-state index contributed by atoms with van der Waals surface area (Å²) in [5, 5.41) is 32.1. The summed E-state index contributed by atoms with van der Waals surface area (Å²) >= 11 is 12.1. The molecule has 2 aromatic rings. The Hall–Kier alpha value is -1.61. The molecule has 1 unspecified atom stereocenters. The summed E-state index contributed by atoms with van der Waals surface area (Å²) in [5.41, 5.74) is 8.18. The van der Waals surface area contributed by atoms with Crippen molar-refractivity contribution in [3.63, 3.8) is 0 Å². The van der Waals surface area contributed by atoms with E-state index in [1.807, 2.05) is 24.3 Å². The van der Waals surface area contributed by atoms with E-state index in [4.69, 9.17) is 39.0 Å². The molecule has 0 heterocycles. The molecule has 6 N–H and O–H groups in total. The third kappa shape index (κ3) is 6.25. The van der Waals surface area contributed by atoms with Gasteiger partial charge in [0.2, 0.25) is 0 Å². The predicted molar refractivity (Wildman–Crippen MR) is 129 cm³/mol. The van der Waals surface area contributed by atoms with Gasteiger partial charge in [-0.05, 0) is 60.3 Å². The summed E-state index contributed by atoms with van der Waals surface area (Å²) in [4.78, 5) is 11.8. The number of rotatable bonds is 11. The van der Waals surface area contributed by atoms with Crippen LogP contribution in [0, 0.1) is 5.92 Å². The Balaban J connectivity index is 1.47. The molecule has 0 amide bonds. The molecule has 3 rings (SSSR count). The van der Waals surface area contributed by atoms with Gasteiger partial charge in [-0.15, -0.1) is 0 Å². The van der Waals surface area contributed by atoms with Crippen LogP contribution in [0.15, 0.2) is 42.5 Å². The van der Waals surface area contributed by atoms with E-state index in [-0.39, 0.29) is 18.3 Å². The Morgan fingerprint density at radius 3 is 2.31 bits per heavy atom. The number of benzene rings is 2. The largest absolute Gasteiger partial charge is 0.480 e. The first kappa shape index (κ1) is 25.0. The molecule has 1 aliphatic rings. The van der Waals surface area contributed by atoms with Crippen molar-refractivity contribution in [1.82, 2.24) is 5.32 Å². The van der Waals surface area contributed by atoms with Crippen LogP contribution in [0.2, 0.25) is 16.4 Å². The molecule has 0 spiro atoms. The number of halogens is 2. The van der Waals surface area contributed by atoms with E-state index in [0.29, 0.717) is 48.7 Å². The lowest BCUT2D eigenvalue weighted by Gasteiger charge is -2.45. The molecule has 0 saturated heterocycles. The van der Waals surface area contributed by atoms with Crippen LogP contribution in [0.25, 0.3) is 11.1 Å². The lowest BCUT2D eigenvalue weighted by atomic mass is 9.66. The molecule has 1 atom stereocenters. The predicted octanol–water partition coefficient (Wildman–Crippen LogP) is 3.95. The van der Waals surface area contributed by atoms with Gasteiger partial charge in [-0.3, -0.25) is 4.79 Å². The molecule has 32 heavy (non-hydrogen) atoms. The van der Waals surface area contributed by atoms with Gasteiger partial charge in [0.05, 0.1) is 10.0 Å². The minimum atomic E-state index is -1.36. The van der Waals surface area contributed by atoms with Crippen LogP contribution >= 0.6 is 23.2 Å². The highest BCUT2D eigenvalue weighted by Gasteiger charge is 2.48. The van der Waals surface area contributed by atoms with Gasteiger partial charge in [0.25, 0.3) is 0 Å². The van der Waals surface area contributed by atoms with Crippen LogP contribution in [0.1, 0.15) is 37.7 Å². The molecule has 0 aliphatic heterocycles. The van der Waals surface area contributed by atoms with E-state index >= 15 is 0 Å². The number of hydrogen-bond acceptors (Lipinski definition) is 5. The summed E-state index contributed by atoms with van der Waals surface area (Å²) in [5.74, 6) is -1.07. The summed E-state index contributed by atoms with van der Waals surface area (Å²) in [6, 6.07) is 14.0. The minimum absolute atomic E-state index is 0.0893. The fraction of sp³-hybridized carbons (Fsp3) is 0.435. The third-order valence-electron chi connectivity index (χ3n) is 6.37. The topological polar surface area (TPSA) is 116 Å². The molecule has 1 fully saturated rings. The van der Waals surface area contributed by atoms with Crippen LogP contribution < -0.4 is 11.1 Å². The van der Waals surface area contributed by atoms with Gasteiger partial charge in [0.15, 0.2) is 0 Å². The molecule has 0 radical (unpaired) electrons. The number of nitrogens with two attached hydrogens (primary N) is 1. The van der Waals surface area contributed by atoms with Gasteiger partial charge in [-0.1, -0.05) is 66.4 Å². The summed E-state index contributed by atoms with van der Waals surface area (Å²) in [6.45, 7) is 0.693. The third-order valence-corrected chi connectivity index (χ3v) is 7.11. The second-order valence-corrected chi connectivity index (χ2v) is 9.46. The SMILES string of the molecule is NC(CCCCB(O)O)(C(=O)O)[C@H]1C[C@@H](NCc2ccc(-c3ccc(Cl)c(Cl)c3)cc2)C1. The van der Waals surface area contributed by atoms with Crippen LogP contribution in [0.4, 0.5) is 0 Å². The van der Waals surface area contributed by atoms with Crippen LogP contribution in [-0.2, 0) is 11.3 Å². The molecule has 6 nitrogen and oxygen atoms in total. The van der Waals surface area contributed by atoms with E-state index < -0.39 is 18.6 Å². The first-order valence-corrected chi connectivity index (χ1v) is 11.6. The highest BCUT2D eigenvalue weighted by molar-refractivity contribution is 6.42. The van der Waals surface area contributed by atoms with E-state index in [1.54, 1.807) is 6.07 Å². The van der Waals surface area contributed by atoms with Gasteiger partial charge in [0, 0.05) is 12.6 Å². The number of hydrogen-bond donors (Lipinski definition) is 5. The maximum Gasteiger partial charge on any atom is 0.451 e. The lowest BCUT2D eigenvalue weighted by molar-refractivity contribution is -0.148. The Labute approximate surface area is 198 Å². The number of carboxylic acid groups (broad SMARTS) is 1. The van der Waals surface area contributed by atoms with Crippen molar-refractivity contribution in [2.24, 2.45) is 11.7 Å². The highest BCUT2D eigenvalue weighted by atomic mass is 35.5. The van der Waals surface area contributed by atoms with Crippen molar-refractivity contribution >= 4 is 36.3 Å². The Morgan fingerprint density at radius 1 is 1.06 bits per heavy atom. The number of carboxylic acids is 1. The van der Waals surface area contributed by atoms with Crippen molar-refractivity contribution in [3.05, 3.63) is 58.1 Å². The van der Waals surface area contributed by atoms with Crippen molar-refractivity contribution in [3.8, 4) is 11.1 Å². The summed E-state index contributed by atoms with van der Waals surface area (Å²) < 4.78 is 0. The first-order chi connectivity index (χ1) is 15.2.